The Kier molecular flexibility index (Phi) is 11.7. The first-order valence-corrected chi connectivity index (χ1v) is 25.4. The van der Waals surface area contributed by atoms with E-state index in [4.69, 9.17) is 9.47 Å². The van der Waals surface area contributed by atoms with Crippen LogP contribution in [0.4, 0.5) is 17.1 Å². The van der Waals surface area contributed by atoms with Crippen molar-refractivity contribution in [3.05, 3.63) is 105 Å². The van der Waals surface area contributed by atoms with Crippen LogP contribution in [0.2, 0.25) is 0 Å². The van der Waals surface area contributed by atoms with E-state index in [-0.39, 0.29) is 46.7 Å². The molecule has 5 aromatic rings. The van der Waals surface area contributed by atoms with E-state index in [0.717, 1.165) is 56.2 Å². The summed E-state index contributed by atoms with van der Waals surface area (Å²) in [5.41, 5.74) is 4.18. The second-order valence-corrected chi connectivity index (χ2v) is 22.1. The van der Waals surface area contributed by atoms with Gasteiger partial charge in [0.25, 0.3) is 21.6 Å². The standard InChI is InChI=1S/C51H61N7O8S/c1-31(2)37-8-5-6-9-38(37)39-10-7-11-42(39)57-29-51(30-57)19-22-56(23-20-51)35-12-13-40(45(25-35)66-44-24-34-16-21-52-48(34)53-32(44)3)49(59)55-67(63,64)36-26-43(58(61)62)47-46(27-36)65-28-41(54-47)33-14-17-50(4,60)18-15-33/h5-6,8-9,12-13,16,21,24-27,31,33,39,41-42,54,60H,7,10-11,14-15,17-20,22-23,28-30H2,1-4H3,(H,52,53)(H,55,59)/t33?,39-,41-,42-,50?/m1/s1. The molecule has 5 aliphatic rings. The molecule has 0 radical (unpaired) electrons. The number of benzene rings is 3. The highest BCUT2D eigenvalue weighted by molar-refractivity contribution is 7.90. The van der Waals surface area contributed by atoms with Crippen LogP contribution < -0.4 is 24.4 Å². The van der Waals surface area contributed by atoms with E-state index in [0.29, 0.717) is 60.7 Å². The number of aromatic nitrogens is 2. The van der Waals surface area contributed by atoms with Crippen molar-refractivity contribution in [2.24, 2.45) is 11.3 Å². The summed E-state index contributed by atoms with van der Waals surface area (Å²) in [7, 11) is -4.67. The maximum Gasteiger partial charge on any atom is 0.297 e. The van der Waals surface area contributed by atoms with Crippen molar-refractivity contribution in [2.45, 2.75) is 120 Å². The van der Waals surface area contributed by atoms with Gasteiger partial charge < -0.3 is 29.8 Å². The van der Waals surface area contributed by atoms with Gasteiger partial charge >= 0.3 is 0 Å². The summed E-state index contributed by atoms with van der Waals surface area (Å²) >= 11 is 0. The molecule has 67 heavy (non-hydrogen) atoms. The zero-order valence-electron chi connectivity index (χ0n) is 38.7. The predicted molar refractivity (Wildman–Crippen MR) is 257 cm³/mol. The van der Waals surface area contributed by atoms with Crippen molar-refractivity contribution < 1.29 is 32.7 Å². The summed E-state index contributed by atoms with van der Waals surface area (Å²) in [5.74, 6) is 0.769. The number of H-pyrrole nitrogens is 1. The molecule has 354 valence electrons. The number of nitro benzene ring substituents is 1. The van der Waals surface area contributed by atoms with Crippen molar-refractivity contribution in [1.29, 1.82) is 0 Å². The number of anilines is 2. The third-order valence-corrected chi connectivity index (χ3v) is 16.9. The van der Waals surface area contributed by atoms with Crippen LogP contribution in [-0.2, 0) is 10.0 Å². The SMILES string of the molecule is Cc1nc2[nH]ccc2cc1Oc1cc(N2CCC3(CC2)CN([C@@H]2CCC[C@@H]2c2ccccc2C(C)C)C3)ccc1C(=O)NS(=O)(=O)c1cc2c(c([N+](=O)[O-])c1)N[C@@H](C1CCC(C)(O)CC1)CO2. The van der Waals surface area contributed by atoms with Gasteiger partial charge in [0.05, 0.1) is 32.7 Å². The van der Waals surface area contributed by atoms with Gasteiger partial charge in [-0.2, -0.15) is 0 Å². The summed E-state index contributed by atoms with van der Waals surface area (Å²) in [6.45, 7) is 12.2. The highest BCUT2D eigenvalue weighted by Gasteiger charge is 2.49. The van der Waals surface area contributed by atoms with Crippen LogP contribution in [0.1, 0.15) is 118 Å². The van der Waals surface area contributed by atoms with Crippen molar-refractivity contribution >= 4 is 44.0 Å². The predicted octanol–water partition coefficient (Wildman–Crippen LogP) is 9.17. The molecule has 0 unspecified atom stereocenters. The second kappa shape index (κ2) is 17.4. The number of fused-ring (bicyclic) bond motifs is 2. The van der Waals surface area contributed by atoms with Crippen LogP contribution in [-0.4, -0.2) is 89.7 Å². The van der Waals surface area contributed by atoms with E-state index in [1.54, 1.807) is 25.3 Å². The molecule has 1 spiro atoms. The quantitative estimate of drug-likeness (QED) is 0.0727. The molecule has 4 fully saturated rings. The van der Waals surface area contributed by atoms with Crippen molar-refractivity contribution in [1.82, 2.24) is 19.6 Å². The lowest BCUT2D eigenvalue weighted by Gasteiger charge is -2.57. The number of nitrogens with one attached hydrogen (secondary N) is 3. The molecule has 2 saturated heterocycles. The van der Waals surface area contributed by atoms with Gasteiger partial charge in [-0.25, -0.2) is 18.1 Å². The van der Waals surface area contributed by atoms with E-state index in [1.807, 2.05) is 25.1 Å². The number of amides is 1. The van der Waals surface area contributed by atoms with Gasteiger partial charge in [0, 0.05) is 67.7 Å². The lowest BCUT2D eigenvalue weighted by molar-refractivity contribution is -0.384. The lowest BCUT2D eigenvalue weighted by Crippen LogP contribution is -2.63. The molecule has 5 heterocycles. The van der Waals surface area contributed by atoms with E-state index < -0.39 is 37.0 Å². The van der Waals surface area contributed by atoms with Gasteiger partial charge in [-0.05, 0) is 124 Å². The summed E-state index contributed by atoms with van der Waals surface area (Å²) in [6, 6.07) is 20.4. The molecule has 3 atom stereocenters. The van der Waals surface area contributed by atoms with Gasteiger partial charge in [-0.1, -0.05) is 44.5 Å². The van der Waals surface area contributed by atoms with Crippen molar-refractivity contribution in [3.63, 3.8) is 0 Å². The molecule has 4 N–H and O–H groups in total. The Balaban J connectivity index is 0.866. The number of ether oxygens (including phenoxy) is 2. The smallest absolute Gasteiger partial charge is 0.297 e. The van der Waals surface area contributed by atoms with Crippen LogP contribution in [0, 0.1) is 28.4 Å². The normalized spacial score (nSPS) is 25.0. The van der Waals surface area contributed by atoms with Crippen molar-refractivity contribution in [3.8, 4) is 17.2 Å². The number of carbonyl (C=O) groups excluding carboxylic acids is 1. The molecule has 2 aliphatic carbocycles. The van der Waals surface area contributed by atoms with Gasteiger partial charge in [-0.15, -0.1) is 0 Å². The number of nitrogens with zero attached hydrogens (tertiary/aromatic N) is 4. The fraction of sp³-hybridized carbons (Fsp3) is 0.490. The lowest BCUT2D eigenvalue weighted by atomic mass is 9.70. The third-order valence-electron chi connectivity index (χ3n) is 15.6. The summed E-state index contributed by atoms with van der Waals surface area (Å²) in [4.78, 5) is 38.2. The Hall–Kier alpha value is -5.71. The number of sulfonamides is 1. The molecule has 10 rings (SSSR count). The number of rotatable bonds is 11. The topological polar surface area (TPSA) is 192 Å². The summed E-state index contributed by atoms with van der Waals surface area (Å²) < 4.78 is 42.7. The number of hydrogen-bond donors (Lipinski definition) is 4. The third kappa shape index (κ3) is 8.83. The van der Waals surface area contributed by atoms with Crippen LogP contribution >= 0.6 is 0 Å². The molecule has 1 amide bonds. The van der Waals surface area contributed by atoms with Crippen LogP contribution in [0.3, 0.4) is 0 Å². The molecule has 2 saturated carbocycles. The fourth-order valence-corrected chi connectivity index (χ4v) is 12.7. The minimum atomic E-state index is -4.67. The van der Waals surface area contributed by atoms with Gasteiger partial charge in [-0.3, -0.25) is 19.8 Å². The van der Waals surface area contributed by atoms with E-state index >= 15 is 0 Å². The Bertz CT molecular complexity index is 2820. The average Bonchev–Trinajstić information content (AvgIpc) is 3.97. The largest absolute Gasteiger partial charge is 0.489 e. The molecule has 2 aromatic heterocycles. The Morgan fingerprint density at radius 2 is 1.76 bits per heavy atom. The minimum absolute atomic E-state index is 0.00523. The number of likely N-dealkylation sites (tertiary alicyclic amines) is 1. The Morgan fingerprint density at radius 1 is 1.00 bits per heavy atom. The monoisotopic (exact) mass is 931 g/mol. The maximum absolute atomic E-state index is 14.2. The Morgan fingerprint density at radius 3 is 2.51 bits per heavy atom. The number of nitro groups is 1. The molecular formula is C51H61N7O8S. The number of hydrogen-bond acceptors (Lipinski definition) is 12. The molecular weight excluding hydrogens is 871 g/mol. The highest BCUT2D eigenvalue weighted by Crippen LogP contribution is 2.49. The van der Waals surface area contributed by atoms with Gasteiger partial charge in [0.15, 0.2) is 11.4 Å². The molecule has 3 aromatic carbocycles. The zero-order valence-corrected chi connectivity index (χ0v) is 39.5. The molecule has 0 bridgehead atoms. The van der Waals surface area contributed by atoms with E-state index in [2.05, 4.69) is 67.9 Å². The number of aryl methyl sites for hydroxylation is 1. The maximum atomic E-state index is 14.2. The number of aromatic amines is 1. The zero-order chi connectivity index (χ0) is 46.8. The number of aliphatic hydroxyl groups is 1. The Labute approximate surface area is 391 Å². The van der Waals surface area contributed by atoms with Crippen LogP contribution in [0.5, 0.6) is 17.2 Å². The van der Waals surface area contributed by atoms with Crippen molar-refractivity contribution in [2.75, 3.05) is 43.0 Å². The minimum Gasteiger partial charge on any atom is -0.489 e. The van der Waals surface area contributed by atoms with Crippen LogP contribution in [0.25, 0.3) is 11.0 Å². The van der Waals surface area contributed by atoms with E-state index in [9.17, 15) is 28.4 Å². The van der Waals surface area contributed by atoms with Crippen LogP contribution in [0.15, 0.2) is 77.8 Å². The summed E-state index contributed by atoms with van der Waals surface area (Å²) in [6.07, 6.45) is 10.2. The molecule has 16 heteroatoms. The molecule has 15 nitrogen and oxygen atoms in total. The first-order chi connectivity index (χ1) is 32.1. The fourth-order valence-electron chi connectivity index (χ4n) is 11.7. The van der Waals surface area contributed by atoms with E-state index in [1.165, 1.54) is 36.5 Å². The molecule has 3 aliphatic heterocycles. The first-order valence-electron chi connectivity index (χ1n) is 23.9. The number of pyridine rings is 1. The second-order valence-electron chi connectivity index (χ2n) is 20.5. The summed E-state index contributed by atoms with van der Waals surface area (Å²) in [5, 5.41) is 26.9. The number of carbonyl (C=O) groups is 1. The first kappa shape index (κ1) is 45.1. The highest BCUT2D eigenvalue weighted by atomic mass is 32.2. The van der Waals surface area contributed by atoms with Gasteiger partial charge in [0.1, 0.15) is 23.8 Å². The number of piperidine rings is 1. The average molecular weight is 932 g/mol. The van der Waals surface area contributed by atoms with Gasteiger partial charge in [0.2, 0.25) is 0 Å².